The van der Waals surface area contributed by atoms with Crippen molar-refractivity contribution >= 4 is 27.7 Å². The van der Waals surface area contributed by atoms with Crippen molar-refractivity contribution in [2.24, 2.45) is 0 Å². The van der Waals surface area contributed by atoms with Crippen molar-refractivity contribution in [3.8, 4) is 5.75 Å². The zero-order valence-corrected chi connectivity index (χ0v) is 12.8. The van der Waals surface area contributed by atoms with Gasteiger partial charge in [-0.05, 0) is 43.3 Å². The van der Waals surface area contributed by atoms with Crippen molar-refractivity contribution in [1.82, 2.24) is 15.8 Å². The molecule has 0 unspecified atom stereocenters. The summed E-state index contributed by atoms with van der Waals surface area (Å²) in [4.78, 5) is 26.2. The van der Waals surface area contributed by atoms with Crippen LogP contribution in [-0.2, 0) is 4.79 Å². The van der Waals surface area contributed by atoms with Crippen molar-refractivity contribution in [3.63, 3.8) is 0 Å². The molecule has 21 heavy (non-hydrogen) atoms. The number of aromatic nitrogens is 1. The van der Waals surface area contributed by atoms with Crippen LogP contribution in [0.25, 0.3) is 0 Å². The number of carbonyl (C=O) groups is 2. The molecular formula is C14H14BrN3O3. The number of nitrogens with one attached hydrogen (secondary N) is 3. The molecule has 0 fully saturated rings. The van der Waals surface area contributed by atoms with E-state index in [4.69, 9.17) is 4.74 Å². The third kappa shape index (κ3) is 4.35. The van der Waals surface area contributed by atoms with Gasteiger partial charge in [-0.25, -0.2) is 0 Å². The number of amides is 2. The van der Waals surface area contributed by atoms with Crippen molar-refractivity contribution in [2.75, 3.05) is 0 Å². The van der Waals surface area contributed by atoms with Gasteiger partial charge in [-0.15, -0.1) is 0 Å². The second-order valence-corrected chi connectivity index (χ2v) is 5.16. The molecule has 1 aromatic carbocycles. The summed E-state index contributed by atoms with van der Waals surface area (Å²) in [5.41, 5.74) is 4.97. The van der Waals surface area contributed by atoms with Crippen LogP contribution in [0.3, 0.4) is 0 Å². The number of rotatable bonds is 4. The fraction of sp³-hybridized carbons (Fsp3) is 0.143. The maximum absolute atomic E-state index is 11.8. The highest BCUT2D eigenvalue weighted by atomic mass is 79.9. The van der Waals surface area contributed by atoms with Crippen LogP contribution in [0.4, 0.5) is 0 Å². The number of H-pyrrole nitrogens is 1. The smallest absolute Gasteiger partial charge is 0.286 e. The molecular weight excluding hydrogens is 338 g/mol. The molecule has 7 heteroatoms. The van der Waals surface area contributed by atoms with Crippen molar-refractivity contribution in [2.45, 2.75) is 13.0 Å². The molecule has 0 saturated heterocycles. The summed E-state index contributed by atoms with van der Waals surface area (Å²) in [7, 11) is 0. The molecule has 1 aromatic heterocycles. The third-order valence-electron chi connectivity index (χ3n) is 2.64. The lowest BCUT2D eigenvalue weighted by molar-refractivity contribution is -0.128. The minimum absolute atomic E-state index is 0.358. The number of ether oxygens (including phenoxy) is 1. The topological polar surface area (TPSA) is 83.2 Å². The first-order valence-corrected chi connectivity index (χ1v) is 7.01. The number of carbonyl (C=O) groups excluding carboxylic acids is 2. The van der Waals surface area contributed by atoms with Crippen LogP contribution in [0.15, 0.2) is 47.1 Å². The lowest BCUT2D eigenvalue weighted by Crippen LogP contribution is -2.47. The Balaban J connectivity index is 1.82. The number of halogens is 1. The van der Waals surface area contributed by atoms with E-state index in [0.717, 1.165) is 4.47 Å². The van der Waals surface area contributed by atoms with Crippen molar-refractivity contribution in [3.05, 3.63) is 52.8 Å². The van der Waals surface area contributed by atoms with Crippen LogP contribution in [-0.4, -0.2) is 22.9 Å². The summed E-state index contributed by atoms with van der Waals surface area (Å²) < 4.78 is 6.38. The van der Waals surface area contributed by atoms with E-state index in [0.29, 0.717) is 11.4 Å². The fourth-order valence-corrected chi connectivity index (χ4v) is 1.79. The van der Waals surface area contributed by atoms with Gasteiger partial charge in [0.15, 0.2) is 6.10 Å². The summed E-state index contributed by atoms with van der Waals surface area (Å²) >= 11 is 3.31. The Labute approximate surface area is 130 Å². The molecule has 2 rings (SSSR count). The SMILES string of the molecule is C[C@H](Oc1ccc(Br)cc1)C(=O)NNC(=O)c1ccc[nH]1. The van der Waals surface area contributed by atoms with Gasteiger partial charge in [0.05, 0.1) is 0 Å². The van der Waals surface area contributed by atoms with Gasteiger partial charge in [0.1, 0.15) is 11.4 Å². The van der Waals surface area contributed by atoms with Crippen LogP contribution >= 0.6 is 15.9 Å². The number of benzene rings is 1. The third-order valence-corrected chi connectivity index (χ3v) is 3.17. The summed E-state index contributed by atoms with van der Waals surface area (Å²) in [5, 5.41) is 0. The minimum atomic E-state index is -0.741. The lowest BCUT2D eigenvalue weighted by atomic mass is 10.3. The van der Waals surface area contributed by atoms with Gasteiger partial charge in [0.2, 0.25) is 0 Å². The van der Waals surface area contributed by atoms with Crippen LogP contribution in [0.2, 0.25) is 0 Å². The van der Waals surface area contributed by atoms with E-state index in [1.807, 2.05) is 12.1 Å². The van der Waals surface area contributed by atoms with E-state index in [9.17, 15) is 9.59 Å². The maximum atomic E-state index is 11.8. The summed E-state index contributed by atoms with van der Waals surface area (Å²) in [6.45, 7) is 1.60. The van der Waals surface area contributed by atoms with E-state index in [1.165, 1.54) is 0 Å². The molecule has 2 amide bonds. The predicted octanol–water partition coefficient (Wildman–Crippen LogP) is 2.01. The summed E-state index contributed by atoms with van der Waals surface area (Å²) in [6, 6.07) is 10.4. The number of hydrogen-bond acceptors (Lipinski definition) is 3. The Kier molecular flexibility index (Phi) is 4.99. The molecule has 0 saturated carbocycles. The predicted molar refractivity (Wildman–Crippen MR) is 80.6 cm³/mol. The Morgan fingerprint density at radius 3 is 2.52 bits per heavy atom. The van der Waals surface area contributed by atoms with Crippen LogP contribution in [0, 0.1) is 0 Å². The molecule has 0 aliphatic rings. The first kappa shape index (κ1) is 15.1. The highest BCUT2D eigenvalue weighted by Crippen LogP contribution is 2.17. The second kappa shape index (κ2) is 6.94. The quantitative estimate of drug-likeness (QED) is 0.736. The Morgan fingerprint density at radius 2 is 1.90 bits per heavy atom. The van der Waals surface area contributed by atoms with E-state index in [2.05, 4.69) is 31.8 Å². The van der Waals surface area contributed by atoms with E-state index < -0.39 is 17.9 Å². The molecule has 0 radical (unpaired) electrons. The van der Waals surface area contributed by atoms with Gasteiger partial charge in [0.25, 0.3) is 11.8 Å². The van der Waals surface area contributed by atoms with E-state index in [1.54, 1.807) is 37.4 Å². The highest BCUT2D eigenvalue weighted by molar-refractivity contribution is 9.10. The first-order valence-electron chi connectivity index (χ1n) is 6.22. The largest absolute Gasteiger partial charge is 0.481 e. The monoisotopic (exact) mass is 351 g/mol. The molecule has 0 aliphatic heterocycles. The van der Waals surface area contributed by atoms with Crippen molar-refractivity contribution in [1.29, 1.82) is 0 Å². The summed E-state index contributed by atoms with van der Waals surface area (Å²) in [6.07, 6.45) is 0.880. The molecule has 0 bridgehead atoms. The van der Waals surface area contributed by atoms with Gasteiger partial charge in [-0.2, -0.15) is 0 Å². The average Bonchev–Trinajstić information content (AvgIpc) is 3.01. The fourth-order valence-electron chi connectivity index (χ4n) is 1.53. The van der Waals surface area contributed by atoms with Gasteiger partial charge in [0, 0.05) is 10.7 Å². The minimum Gasteiger partial charge on any atom is -0.481 e. The molecule has 6 nitrogen and oxygen atoms in total. The Morgan fingerprint density at radius 1 is 1.19 bits per heavy atom. The molecule has 110 valence electrons. The number of aromatic amines is 1. The number of hydrazine groups is 1. The van der Waals surface area contributed by atoms with Crippen LogP contribution in [0.1, 0.15) is 17.4 Å². The zero-order chi connectivity index (χ0) is 15.2. The van der Waals surface area contributed by atoms with Crippen LogP contribution in [0.5, 0.6) is 5.75 Å². The van der Waals surface area contributed by atoms with Gasteiger partial charge >= 0.3 is 0 Å². The van der Waals surface area contributed by atoms with Gasteiger partial charge in [-0.3, -0.25) is 20.4 Å². The van der Waals surface area contributed by atoms with Crippen LogP contribution < -0.4 is 15.6 Å². The second-order valence-electron chi connectivity index (χ2n) is 4.24. The lowest BCUT2D eigenvalue weighted by Gasteiger charge is -2.15. The highest BCUT2D eigenvalue weighted by Gasteiger charge is 2.16. The Hall–Kier alpha value is -2.28. The van der Waals surface area contributed by atoms with Gasteiger partial charge < -0.3 is 9.72 Å². The molecule has 0 spiro atoms. The molecule has 2 aromatic rings. The molecule has 1 atom stereocenters. The van der Waals surface area contributed by atoms with Crippen molar-refractivity contribution < 1.29 is 14.3 Å². The summed E-state index contributed by atoms with van der Waals surface area (Å²) in [5.74, 6) is -0.307. The molecule has 0 aliphatic carbocycles. The van der Waals surface area contributed by atoms with E-state index in [-0.39, 0.29) is 0 Å². The molecule has 3 N–H and O–H groups in total. The first-order chi connectivity index (χ1) is 10.1. The normalized spacial score (nSPS) is 11.5. The Bertz CT molecular complexity index is 611. The maximum Gasteiger partial charge on any atom is 0.286 e. The number of hydrogen-bond donors (Lipinski definition) is 3. The van der Waals surface area contributed by atoms with Gasteiger partial charge in [-0.1, -0.05) is 15.9 Å². The van der Waals surface area contributed by atoms with E-state index >= 15 is 0 Å². The zero-order valence-electron chi connectivity index (χ0n) is 11.2. The molecule has 1 heterocycles. The standard InChI is InChI=1S/C14H14BrN3O3/c1-9(21-11-6-4-10(15)5-7-11)13(19)17-18-14(20)12-3-2-8-16-12/h2-9,16H,1H3,(H,17,19)(H,18,20)/t9-/m0/s1. The average molecular weight is 352 g/mol.